The van der Waals surface area contributed by atoms with Gasteiger partial charge in [-0.15, -0.1) is 0 Å². The lowest BCUT2D eigenvalue weighted by molar-refractivity contribution is -0.116. The Hall–Kier alpha value is -2.89. The highest BCUT2D eigenvalue weighted by molar-refractivity contribution is 7.89. The molecule has 31 heavy (non-hydrogen) atoms. The number of nitrogens with zero attached hydrogens (tertiary/aromatic N) is 5. The van der Waals surface area contributed by atoms with E-state index in [9.17, 15) is 13.2 Å². The van der Waals surface area contributed by atoms with Crippen molar-refractivity contribution in [3.05, 3.63) is 47.5 Å². The molecule has 0 radical (unpaired) electrons. The van der Waals surface area contributed by atoms with Gasteiger partial charge in [-0.25, -0.2) is 17.9 Å². The van der Waals surface area contributed by atoms with Crippen LogP contribution in [0.25, 0.3) is 5.78 Å². The van der Waals surface area contributed by atoms with Gasteiger partial charge in [-0.1, -0.05) is 6.07 Å². The third kappa shape index (κ3) is 4.43. The average molecular weight is 445 g/mol. The summed E-state index contributed by atoms with van der Waals surface area (Å²) in [6, 6.07) is 6.32. The van der Waals surface area contributed by atoms with Crippen molar-refractivity contribution in [2.75, 3.05) is 31.6 Å². The van der Waals surface area contributed by atoms with E-state index in [0.29, 0.717) is 44.2 Å². The van der Waals surface area contributed by atoms with Crippen LogP contribution in [-0.4, -0.2) is 64.5 Å². The van der Waals surface area contributed by atoms with Crippen molar-refractivity contribution in [1.29, 1.82) is 0 Å². The van der Waals surface area contributed by atoms with Crippen molar-refractivity contribution in [2.24, 2.45) is 0 Å². The van der Waals surface area contributed by atoms with Crippen molar-refractivity contribution in [1.82, 2.24) is 23.9 Å². The number of aryl methyl sites for hydroxylation is 2. The molecule has 4 rings (SSSR count). The molecule has 11 heteroatoms. The van der Waals surface area contributed by atoms with Gasteiger partial charge >= 0.3 is 0 Å². The summed E-state index contributed by atoms with van der Waals surface area (Å²) in [5.74, 6) is 0.319. The molecule has 2 aromatic heterocycles. The number of carbonyl (C=O) groups is 1. The van der Waals surface area contributed by atoms with Crippen LogP contribution in [-0.2, 0) is 26.0 Å². The van der Waals surface area contributed by atoms with E-state index in [-0.39, 0.29) is 17.2 Å². The van der Waals surface area contributed by atoms with Gasteiger partial charge in [0, 0.05) is 36.6 Å². The number of sulfonamides is 1. The normalized spacial score (nSPS) is 15.3. The topological polar surface area (TPSA) is 119 Å². The maximum absolute atomic E-state index is 12.8. The van der Waals surface area contributed by atoms with Gasteiger partial charge in [0.25, 0.3) is 5.78 Å². The molecule has 0 atom stereocenters. The smallest absolute Gasteiger partial charge is 0.252 e. The third-order valence-electron chi connectivity index (χ3n) is 5.32. The molecule has 1 aliphatic heterocycles. The number of benzene rings is 1. The second kappa shape index (κ2) is 8.69. The van der Waals surface area contributed by atoms with Gasteiger partial charge in [-0.2, -0.15) is 14.4 Å². The maximum atomic E-state index is 12.8. The molecule has 0 spiro atoms. The molecule has 0 saturated carbocycles. The van der Waals surface area contributed by atoms with Crippen LogP contribution in [0.1, 0.15) is 23.4 Å². The van der Waals surface area contributed by atoms with E-state index >= 15 is 0 Å². The predicted molar refractivity (Wildman–Crippen MR) is 113 cm³/mol. The Labute approximate surface area is 180 Å². The molecule has 1 saturated heterocycles. The predicted octanol–water partition coefficient (Wildman–Crippen LogP) is 1.33. The van der Waals surface area contributed by atoms with E-state index in [1.807, 2.05) is 13.8 Å². The van der Waals surface area contributed by atoms with E-state index in [0.717, 1.165) is 17.0 Å². The summed E-state index contributed by atoms with van der Waals surface area (Å²) < 4.78 is 33.9. The van der Waals surface area contributed by atoms with E-state index < -0.39 is 10.0 Å². The minimum atomic E-state index is -3.62. The first kappa shape index (κ1) is 21.3. The Morgan fingerprint density at radius 3 is 2.77 bits per heavy atom. The lowest BCUT2D eigenvalue weighted by Gasteiger charge is -2.26. The van der Waals surface area contributed by atoms with Crippen LogP contribution in [0.3, 0.4) is 0 Å². The van der Waals surface area contributed by atoms with E-state index in [4.69, 9.17) is 4.74 Å². The molecule has 0 aliphatic carbocycles. The summed E-state index contributed by atoms with van der Waals surface area (Å²) in [5, 5.41) is 6.96. The number of nitrogens with one attached hydrogen (secondary N) is 1. The van der Waals surface area contributed by atoms with Crippen molar-refractivity contribution < 1.29 is 17.9 Å². The van der Waals surface area contributed by atoms with Crippen molar-refractivity contribution >= 4 is 27.4 Å². The Balaban J connectivity index is 1.44. The Bertz CT molecular complexity index is 1220. The van der Waals surface area contributed by atoms with Gasteiger partial charge in [0.1, 0.15) is 6.33 Å². The summed E-state index contributed by atoms with van der Waals surface area (Å²) >= 11 is 0. The van der Waals surface area contributed by atoms with Gasteiger partial charge in [0.05, 0.1) is 18.1 Å². The fourth-order valence-corrected chi connectivity index (χ4v) is 5.10. The van der Waals surface area contributed by atoms with Gasteiger partial charge in [0.2, 0.25) is 15.9 Å². The molecule has 1 N–H and O–H groups in total. The molecular formula is C20H24N6O4S. The molecule has 1 amide bonds. The zero-order valence-electron chi connectivity index (χ0n) is 17.4. The number of ether oxygens (including phenoxy) is 1. The van der Waals surface area contributed by atoms with Crippen LogP contribution in [0.5, 0.6) is 0 Å². The minimum absolute atomic E-state index is 0.153. The van der Waals surface area contributed by atoms with Crippen LogP contribution in [0.2, 0.25) is 0 Å². The van der Waals surface area contributed by atoms with Crippen LogP contribution in [0, 0.1) is 13.8 Å². The summed E-state index contributed by atoms with van der Waals surface area (Å²) in [5.41, 5.74) is 3.09. The number of fused-ring (bicyclic) bond motifs is 1. The SMILES string of the molecule is Cc1nc2ncnn2c(C)c1CCC(=O)Nc1cccc(S(=O)(=O)N2CCOCC2)c1. The highest BCUT2D eigenvalue weighted by Gasteiger charge is 2.26. The van der Waals surface area contributed by atoms with Crippen LogP contribution in [0.4, 0.5) is 5.69 Å². The Morgan fingerprint density at radius 2 is 2.00 bits per heavy atom. The number of rotatable bonds is 6. The maximum Gasteiger partial charge on any atom is 0.252 e. The Morgan fingerprint density at radius 1 is 1.23 bits per heavy atom. The van der Waals surface area contributed by atoms with E-state index in [1.54, 1.807) is 16.6 Å². The van der Waals surface area contributed by atoms with Gasteiger partial charge in [-0.05, 0) is 44.0 Å². The molecule has 3 aromatic rings. The largest absolute Gasteiger partial charge is 0.379 e. The second-order valence-corrected chi connectivity index (χ2v) is 9.26. The molecule has 1 aromatic carbocycles. The number of anilines is 1. The van der Waals surface area contributed by atoms with Gasteiger partial charge < -0.3 is 10.1 Å². The summed E-state index contributed by atoms with van der Waals surface area (Å²) in [6.07, 6.45) is 2.16. The number of hydrogen-bond donors (Lipinski definition) is 1. The van der Waals surface area contributed by atoms with Crippen molar-refractivity contribution in [3.8, 4) is 0 Å². The van der Waals surface area contributed by atoms with E-state index in [2.05, 4.69) is 20.4 Å². The molecule has 0 bridgehead atoms. The molecular weight excluding hydrogens is 420 g/mol. The monoisotopic (exact) mass is 444 g/mol. The summed E-state index contributed by atoms with van der Waals surface area (Å²) in [6.45, 7) is 5.20. The lowest BCUT2D eigenvalue weighted by atomic mass is 10.1. The number of carbonyl (C=O) groups excluding carboxylic acids is 1. The number of hydrogen-bond acceptors (Lipinski definition) is 7. The first-order valence-corrected chi connectivity index (χ1v) is 11.4. The first-order chi connectivity index (χ1) is 14.9. The molecule has 1 aliphatic rings. The fraction of sp³-hybridized carbons (Fsp3) is 0.400. The van der Waals surface area contributed by atoms with Crippen molar-refractivity contribution in [3.63, 3.8) is 0 Å². The number of morpholine rings is 1. The molecule has 3 heterocycles. The first-order valence-electron chi connectivity index (χ1n) is 10.00. The van der Waals surface area contributed by atoms with E-state index in [1.165, 1.54) is 22.8 Å². The number of amides is 1. The van der Waals surface area contributed by atoms with Gasteiger partial charge in [-0.3, -0.25) is 4.79 Å². The Kier molecular flexibility index (Phi) is 5.99. The van der Waals surface area contributed by atoms with Crippen molar-refractivity contribution in [2.45, 2.75) is 31.6 Å². The van der Waals surface area contributed by atoms with Crippen LogP contribution in [0.15, 0.2) is 35.5 Å². The highest BCUT2D eigenvalue weighted by Crippen LogP contribution is 2.21. The van der Waals surface area contributed by atoms with Crippen LogP contribution < -0.4 is 5.32 Å². The second-order valence-electron chi connectivity index (χ2n) is 7.33. The average Bonchev–Trinajstić information content (AvgIpc) is 3.23. The molecule has 164 valence electrons. The van der Waals surface area contributed by atoms with Gasteiger partial charge in [0.15, 0.2) is 0 Å². The van der Waals surface area contributed by atoms with Crippen LogP contribution >= 0.6 is 0 Å². The molecule has 0 unspecified atom stereocenters. The standard InChI is InChI=1S/C20H24N6O4S/c1-14-18(15(2)26-20(23-14)21-13-22-26)6-7-19(27)24-16-4-3-5-17(12-16)31(28,29)25-8-10-30-11-9-25/h3-5,12-13H,6-11H2,1-2H3,(H,24,27). The number of aromatic nitrogens is 4. The molecule has 1 fully saturated rings. The summed E-state index contributed by atoms with van der Waals surface area (Å²) in [7, 11) is -3.62. The third-order valence-corrected chi connectivity index (χ3v) is 7.21. The zero-order chi connectivity index (χ0) is 22.0. The molecule has 10 nitrogen and oxygen atoms in total. The zero-order valence-corrected chi connectivity index (χ0v) is 18.2. The summed E-state index contributed by atoms with van der Waals surface area (Å²) in [4.78, 5) is 21.2. The minimum Gasteiger partial charge on any atom is -0.379 e. The lowest BCUT2D eigenvalue weighted by Crippen LogP contribution is -2.40. The quantitative estimate of drug-likeness (QED) is 0.609. The highest BCUT2D eigenvalue weighted by atomic mass is 32.2. The fourth-order valence-electron chi connectivity index (χ4n) is 3.65.